The van der Waals surface area contributed by atoms with E-state index >= 15 is 0 Å². The number of rotatable bonds is 0. The molecule has 4 heavy (non-hydrogen) atoms. The summed E-state index contributed by atoms with van der Waals surface area (Å²) in [7, 11) is 0. The molecule has 0 rings (SSSR count). The van der Waals surface area contributed by atoms with Crippen LogP contribution < -0.4 is 0 Å². The Kier molecular flexibility index (Phi) is 312. The van der Waals surface area contributed by atoms with E-state index in [1.165, 1.54) is 0 Å². The van der Waals surface area contributed by atoms with Gasteiger partial charge < -0.3 is 11.0 Å². The molecule has 0 aromatic heterocycles. The summed E-state index contributed by atoms with van der Waals surface area (Å²) in [5, 5.41) is 0. The summed E-state index contributed by atoms with van der Waals surface area (Å²) in [5.74, 6) is 0. The third-order valence-electron chi connectivity index (χ3n) is 0. The smallest absolute Gasteiger partial charge is 2.00 e. The Morgan fingerprint density at radius 1 is 0.750 bits per heavy atom. The first-order valence-electron chi connectivity index (χ1n) is 0. The summed E-state index contributed by atoms with van der Waals surface area (Å²) in [4.78, 5) is 0. The van der Waals surface area contributed by atoms with Crippen molar-refractivity contribution in [1.29, 1.82) is 0 Å². The minimum Gasteiger partial charge on any atom is -2.00 e. The van der Waals surface area contributed by atoms with Crippen molar-refractivity contribution < 1.29 is 58.1 Å². The largest absolute Gasteiger partial charge is 2.00 e. The Bertz CT molecular complexity index is 6.00. The van der Waals surface area contributed by atoms with E-state index < -0.39 is 0 Å². The molecular formula is HgO2Zn. The van der Waals surface area contributed by atoms with Crippen LogP contribution >= 0.6 is 0 Å². The van der Waals surface area contributed by atoms with Crippen LogP contribution in [0.25, 0.3) is 0 Å². The first-order chi connectivity index (χ1) is 0. The molecule has 0 aliphatic heterocycles. The fourth-order valence-electron chi connectivity index (χ4n) is 0. The first kappa shape index (κ1) is 50.3. The minimum atomic E-state index is 0. The summed E-state index contributed by atoms with van der Waals surface area (Å²) >= 11 is 0. The molecule has 0 saturated heterocycles. The van der Waals surface area contributed by atoms with Crippen molar-refractivity contribution >= 4 is 0 Å². The molecule has 0 heterocycles. The van der Waals surface area contributed by atoms with E-state index in [2.05, 4.69) is 0 Å². The fraction of sp³-hybridized carbons (Fsp3) is 0. The number of hydrogen-bond donors (Lipinski definition) is 0. The van der Waals surface area contributed by atoms with E-state index in [0.29, 0.717) is 0 Å². The maximum atomic E-state index is 0. The van der Waals surface area contributed by atoms with Crippen LogP contribution in [-0.4, -0.2) is 0 Å². The van der Waals surface area contributed by atoms with Crippen LogP contribution in [0.5, 0.6) is 0 Å². The van der Waals surface area contributed by atoms with E-state index in [1.807, 2.05) is 0 Å². The monoisotopic (exact) mass is 298 g/mol. The van der Waals surface area contributed by atoms with Crippen molar-refractivity contribution in [1.82, 2.24) is 0 Å². The minimum absolute atomic E-state index is 0. The molecule has 0 aliphatic rings. The van der Waals surface area contributed by atoms with Crippen LogP contribution in [0.2, 0.25) is 0 Å². The van der Waals surface area contributed by atoms with Gasteiger partial charge in [0.25, 0.3) is 0 Å². The van der Waals surface area contributed by atoms with Gasteiger partial charge in [0.15, 0.2) is 0 Å². The average Bonchev–Trinajstić information content (AvgIpc) is 0. The molecule has 0 aliphatic carbocycles. The van der Waals surface area contributed by atoms with E-state index in [0.717, 1.165) is 0 Å². The molecule has 0 atom stereocenters. The van der Waals surface area contributed by atoms with Crippen molar-refractivity contribution in [2.24, 2.45) is 0 Å². The average molecular weight is 298 g/mol. The molecule has 0 N–H and O–H groups in total. The summed E-state index contributed by atoms with van der Waals surface area (Å²) < 4.78 is 0. The molecule has 0 saturated carbocycles. The standard InChI is InChI=1S/Hg.2O.Zn/q+2;2*-2;+2. The third kappa shape index (κ3) is 9.78. The quantitative estimate of drug-likeness (QED) is 0.554. The maximum absolute atomic E-state index is 0. The molecular weight excluding hydrogens is 298 g/mol. The second kappa shape index (κ2) is 24.8. The second-order valence-electron chi connectivity index (χ2n) is 0. The van der Waals surface area contributed by atoms with Gasteiger partial charge in [-0.2, -0.15) is 0 Å². The second-order valence-corrected chi connectivity index (χ2v) is 0. The molecule has 16 valence electrons. The van der Waals surface area contributed by atoms with Gasteiger partial charge in [0.1, 0.15) is 0 Å². The molecule has 0 aromatic carbocycles. The Hall–Kier alpha value is 1.48. The molecule has 0 amide bonds. The van der Waals surface area contributed by atoms with Gasteiger partial charge in [-0.25, -0.2) is 0 Å². The van der Waals surface area contributed by atoms with E-state index in [4.69, 9.17) is 0 Å². The van der Waals surface area contributed by atoms with Crippen LogP contribution in [0, 0.1) is 0 Å². The van der Waals surface area contributed by atoms with Gasteiger partial charge in [-0.1, -0.05) is 0 Å². The van der Waals surface area contributed by atoms with Gasteiger partial charge in [0.05, 0.1) is 0 Å². The number of hydrogen-bond acceptors (Lipinski definition) is 0. The summed E-state index contributed by atoms with van der Waals surface area (Å²) in [6.45, 7) is 0. The van der Waals surface area contributed by atoms with Crippen molar-refractivity contribution in [2.75, 3.05) is 0 Å². The first-order valence-corrected chi connectivity index (χ1v) is 0. The molecule has 4 heteroatoms. The van der Waals surface area contributed by atoms with Crippen LogP contribution in [-0.2, 0) is 58.1 Å². The molecule has 2 nitrogen and oxygen atoms in total. The Morgan fingerprint density at radius 2 is 0.750 bits per heavy atom. The zero-order valence-corrected chi connectivity index (χ0v) is 10.7. The van der Waals surface area contributed by atoms with Crippen LogP contribution in [0.4, 0.5) is 0 Å². The SMILES string of the molecule is [Hg+2].[O-2].[O-2].[Zn+2]. The van der Waals surface area contributed by atoms with Crippen molar-refractivity contribution in [3.05, 3.63) is 0 Å². The summed E-state index contributed by atoms with van der Waals surface area (Å²) in [6, 6.07) is 0. The fourth-order valence-corrected chi connectivity index (χ4v) is 0. The Morgan fingerprint density at radius 3 is 0.750 bits per heavy atom. The van der Waals surface area contributed by atoms with Crippen molar-refractivity contribution in [3.8, 4) is 0 Å². The van der Waals surface area contributed by atoms with Gasteiger partial charge >= 0.3 is 47.1 Å². The zero-order chi connectivity index (χ0) is 0. The van der Waals surface area contributed by atoms with Crippen molar-refractivity contribution in [2.45, 2.75) is 0 Å². The van der Waals surface area contributed by atoms with Gasteiger partial charge in [-0.15, -0.1) is 0 Å². The predicted molar refractivity (Wildman–Crippen MR) is 1.37 cm³/mol. The molecule has 0 fully saturated rings. The van der Waals surface area contributed by atoms with Crippen LogP contribution in [0.1, 0.15) is 0 Å². The van der Waals surface area contributed by atoms with E-state index in [9.17, 15) is 0 Å². The van der Waals surface area contributed by atoms with E-state index in [1.54, 1.807) is 0 Å². The zero-order valence-electron chi connectivity index (χ0n) is 2.23. The van der Waals surface area contributed by atoms with Crippen LogP contribution in [0.3, 0.4) is 0 Å². The van der Waals surface area contributed by atoms with E-state index in [-0.39, 0.29) is 58.1 Å². The van der Waals surface area contributed by atoms with Gasteiger partial charge in [0.2, 0.25) is 0 Å². The molecule has 0 bridgehead atoms. The normalized spacial score (nSPS) is 0. The predicted octanol–water partition coefficient (Wildman–Crippen LogP) is -0.243. The topological polar surface area (TPSA) is 57.0 Å². The van der Waals surface area contributed by atoms with Gasteiger partial charge in [-0.05, 0) is 0 Å². The molecule has 0 unspecified atom stereocenters. The van der Waals surface area contributed by atoms with Gasteiger partial charge in [0, 0.05) is 0 Å². The van der Waals surface area contributed by atoms with Gasteiger partial charge in [-0.3, -0.25) is 0 Å². The maximum Gasteiger partial charge on any atom is 2.00 e. The van der Waals surface area contributed by atoms with Crippen LogP contribution in [0.15, 0.2) is 0 Å². The Labute approximate surface area is 57.8 Å². The summed E-state index contributed by atoms with van der Waals surface area (Å²) in [6.07, 6.45) is 0. The van der Waals surface area contributed by atoms with Crippen molar-refractivity contribution in [3.63, 3.8) is 0 Å². The molecule has 0 radical (unpaired) electrons. The third-order valence-corrected chi connectivity index (χ3v) is 0. The molecule has 0 spiro atoms. The Balaban J connectivity index is 0. The molecule has 0 aromatic rings. The summed E-state index contributed by atoms with van der Waals surface area (Å²) in [5.41, 5.74) is 0.